The molecule has 1 saturated heterocycles. The molecule has 2 aromatic heterocycles. The first-order valence-electron chi connectivity index (χ1n) is 7.38. The van der Waals surface area contributed by atoms with Crippen LogP contribution in [0.1, 0.15) is 24.6 Å². The van der Waals surface area contributed by atoms with Crippen LogP contribution in [0.15, 0.2) is 28.9 Å². The number of likely N-dealkylation sites (tertiary alicyclic amines) is 1. The van der Waals surface area contributed by atoms with Crippen molar-refractivity contribution in [2.45, 2.75) is 32.4 Å². The summed E-state index contributed by atoms with van der Waals surface area (Å²) in [5, 5.41) is 3.96. The van der Waals surface area contributed by atoms with Gasteiger partial charge in [0, 0.05) is 39.3 Å². The van der Waals surface area contributed by atoms with Crippen LogP contribution in [0.4, 0.5) is 5.82 Å². The Labute approximate surface area is 124 Å². The number of nitrogens with zero attached hydrogens (tertiary/aromatic N) is 5. The maximum atomic E-state index is 5.02. The normalized spacial score (nSPS) is 17.0. The van der Waals surface area contributed by atoms with Crippen LogP contribution in [0, 0.1) is 6.92 Å². The molecule has 1 aliphatic heterocycles. The van der Waals surface area contributed by atoms with Gasteiger partial charge < -0.3 is 9.42 Å². The number of rotatable bonds is 4. The number of aryl methyl sites for hydroxylation is 1. The molecule has 0 atom stereocenters. The first kappa shape index (κ1) is 14.0. The van der Waals surface area contributed by atoms with Gasteiger partial charge in [0.1, 0.15) is 5.82 Å². The predicted octanol–water partition coefficient (Wildman–Crippen LogP) is 1.87. The minimum atomic E-state index is 0.545. The Morgan fingerprint density at radius 2 is 2.14 bits per heavy atom. The molecule has 0 aliphatic carbocycles. The molecule has 0 spiro atoms. The SMILES string of the molecule is Cc1nc(CN2CCC(N(C)c3ccccn3)CC2)no1. The fraction of sp³-hybridized carbons (Fsp3) is 0.533. The van der Waals surface area contributed by atoms with Crippen molar-refractivity contribution in [3.05, 3.63) is 36.1 Å². The van der Waals surface area contributed by atoms with E-state index in [1.54, 1.807) is 0 Å². The molecule has 3 rings (SSSR count). The summed E-state index contributed by atoms with van der Waals surface area (Å²) in [6.07, 6.45) is 4.10. The zero-order valence-corrected chi connectivity index (χ0v) is 12.6. The minimum Gasteiger partial charge on any atom is -0.357 e. The van der Waals surface area contributed by atoms with Gasteiger partial charge in [-0.3, -0.25) is 4.90 Å². The van der Waals surface area contributed by atoms with Gasteiger partial charge in [0.05, 0.1) is 6.54 Å². The maximum absolute atomic E-state index is 5.02. The van der Waals surface area contributed by atoms with Crippen molar-refractivity contribution in [2.24, 2.45) is 0 Å². The molecule has 0 N–H and O–H groups in total. The fourth-order valence-corrected chi connectivity index (χ4v) is 2.82. The van der Waals surface area contributed by atoms with Crippen molar-refractivity contribution in [1.29, 1.82) is 0 Å². The number of hydrogen-bond donors (Lipinski definition) is 0. The molecule has 0 radical (unpaired) electrons. The third-order valence-electron chi connectivity index (χ3n) is 4.05. The first-order chi connectivity index (χ1) is 10.2. The molecule has 1 aliphatic rings. The van der Waals surface area contributed by atoms with E-state index >= 15 is 0 Å². The summed E-state index contributed by atoms with van der Waals surface area (Å²) in [6, 6.07) is 6.59. The zero-order chi connectivity index (χ0) is 14.7. The molecule has 1 fully saturated rings. The summed E-state index contributed by atoms with van der Waals surface area (Å²) < 4.78 is 5.02. The Morgan fingerprint density at radius 1 is 1.33 bits per heavy atom. The van der Waals surface area contributed by atoms with E-state index < -0.39 is 0 Å². The predicted molar refractivity (Wildman–Crippen MR) is 80.0 cm³/mol. The van der Waals surface area contributed by atoms with E-state index in [9.17, 15) is 0 Å². The van der Waals surface area contributed by atoms with Gasteiger partial charge in [-0.05, 0) is 25.0 Å². The Balaban J connectivity index is 1.53. The van der Waals surface area contributed by atoms with Crippen molar-refractivity contribution >= 4 is 5.82 Å². The smallest absolute Gasteiger partial charge is 0.223 e. The van der Waals surface area contributed by atoms with E-state index in [1.807, 2.05) is 25.3 Å². The second kappa shape index (κ2) is 6.22. The number of pyridine rings is 1. The van der Waals surface area contributed by atoms with Crippen molar-refractivity contribution in [1.82, 2.24) is 20.0 Å². The molecule has 3 heterocycles. The van der Waals surface area contributed by atoms with Gasteiger partial charge in [0.15, 0.2) is 5.82 Å². The molecule has 2 aromatic rings. The Bertz CT molecular complexity index is 562. The van der Waals surface area contributed by atoms with E-state index in [2.05, 4.69) is 38.0 Å². The maximum Gasteiger partial charge on any atom is 0.223 e. The third-order valence-corrected chi connectivity index (χ3v) is 4.05. The van der Waals surface area contributed by atoms with Gasteiger partial charge in [-0.2, -0.15) is 4.98 Å². The second-order valence-corrected chi connectivity index (χ2v) is 5.54. The van der Waals surface area contributed by atoms with Crippen molar-refractivity contribution in [3.63, 3.8) is 0 Å². The van der Waals surface area contributed by atoms with Crippen molar-refractivity contribution < 1.29 is 4.52 Å². The molecule has 0 amide bonds. The largest absolute Gasteiger partial charge is 0.357 e. The van der Waals surface area contributed by atoms with Crippen LogP contribution in [0.5, 0.6) is 0 Å². The molecule has 21 heavy (non-hydrogen) atoms. The molecular weight excluding hydrogens is 266 g/mol. The molecule has 0 bridgehead atoms. The van der Waals surface area contributed by atoms with Crippen molar-refractivity contribution in [3.8, 4) is 0 Å². The molecule has 112 valence electrons. The standard InChI is InChI=1S/C15H21N5O/c1-12-17-14(18-21-12)11-20-9-6-13(7-10-20)19(2)15-5-3-4-8-16-15/h3-5,8,13H,6-7,9-11H2,1-2H3. The van der Waals surface area contributed by atoms with Crippen molar-refractivity contribution in [2.75, 3.05) is 25.0 Å². The molecule has 6 nitrogen and oxygen atoms in total. The van der Waals surface area contributed by atoms with Crippen LogP contribution in [-0.2, 0) is 6.54 Å². The Kier molecular flexibility index (Phi) is 4.15. The summed E-state index contributed by atoms with van der Waals surface area (Å²) in [7, 11) is 2.13. The number of piperidine rings is 1. The van der Waals surface area contributed by atoms with Gasteiger partial charge in [0.2, 0.25) is 5.89 Å². The lowest BCUT2D eigenvalue weighted by atomic mass is 10.0. The van der Waals surface area contributed by atoms with Crippen LogP contribution in [0.25, 0.3) is 0 Å². The first-order valence-corrected chi connectivity index (χ1v) is 7.38. The number of anilines is 1. The van der Waals surface area contributed by atoms with E-state index in [0.29, 0.717) is 11.9 Å². The summed E-state index contributed by atoms with van der Waals surface area (Å²) in [5.41, 5.74) is 0. The quantitative estimate of drug-likeness (QED) is 0.855. The third kappa shape index (κ3) is 3.39. The molecule has 0 aromatic carbocycles. The van der Waals surface area contributed by atoms with E-state index in [0.717, 1.165) is 44.1 Å². The van der Waals surface area contributed by atoms with E-state index in [4.69, 9.17) is 4.52 Å². The fourth-order valence-electron chi connectivity index (χ4n) is 2.82. The van der Waals surface area contributed by atoms with Crippen LogP contribution in [0.2, 0.25) is 0 Å². The lowest BCUT2D eigenvalue weighted by molar-refractivity contribution is 0.196. The summed E-state index contributed by atoms with van der Waals surface area (Å²) >= 11 is 0. The van der Waals surface area contributed by atoms with Gasteiger partial charge in [-0.1, -0.05) is 11.2 Å². The zero-order valence-electron chi connectivity index (χ0n) is 12.6. The highest BCUT2D eigenvalue weighted by atomic mass is 16.5. The van der Waals surface area contributed by atoms with E-state index in [1.165, 1.54) is 0 Å². The van der Waals surface area contributed by atoms with Gasteiger partial charge in [-0.15, -0.1) is 0 Å². The summed E-state index contributed by atoms with van der Waals surface area (Å²) in [6.45, 7) is 4.70. The number of hydrogen-bond acceptors (Lipinski definition) is 6. The summed E-state index contributed by atoms with van der Waals surface area (Å²) in [4.78, 5) is 13.4. The highest BCUT2D eigenvalue weighted by molar-refractivity contribution is 5.38. The lowest BCUT2D eigenvalue weighted by Crippen LogP contribution is -2.43. The highest BCUT2D eigenvalue weighted by Gasteiger charge is 2.24. The molecule has 0 saturated carbocycles. The number of aromatic nitrogens is 3. The molecule has 0 unspecified atom stereocenters. The topological polar surface area (TPSA) is 58.3 Å². The Hall–Kier alpha value is -1.95. The second-order valence-electron chi connectivity index (χ2n) is 5.54. The van der Waals surface area contributed by atoms with Crippen LogP contribution in [-0.4, -0.2) is 46.2 Å². The lowest BCUT2D eigenvalue weighted by Gasteiger charge is -2.36. The monoisotopic (exact) mass is 287 g/mol. The Morgan fingerprint density at radius 3 is 2.76 bits per heavy atom. The van der Waals surface area contributed by atoms with Crippen LogP contribution >= 0.6 is 0 Å². The minimum absolute atomic E-state index is 0.545. The van der Waals surface area contributed by atoms with Crippen LogP contribution in [0.3, 0.4) is 0 Å². The van der Waals surface area contributed by atoms with E-state index in [-0.39, 0.29) is 0 Å². The van der Waals surface area contributed by atoms with Gasteiger partial charge >= 0.3 is 0 Å². The highest BCUT2D eigenvalue weighted by Crippen LogP contribution is 2.20. The molecule has 6 heteroatoms. The average Bonchev–Trinajstić information content (AvgIpc) is 2.93. The van der Waals surface area contributed by atoms with Gasteiger partial charge in [0.25, 0.3) is 0 Å². The summed E-state index contributed by atoms with van der Waals surface area (Å²) in [5.74, 6) is 2.46. The average molecular weight is 287 g/mol. The molecular formula is C15H21N5O. The van der Waals surface area contributed by atoms with Gasteiger partial charge in [-0.25, -0.2) is 4.98 Å². The van der Waals surface area contributed by atoms with Crippen LogP contribution < -0.4 is 4.90 Å².